The quantitative estimate of drug-likeness (QED) is 0.261. The maximum Gasteiger partial charge on any atom is 0.254 e. The van der Waals surface area contributed by atoms with E-state index in [4.69, 9.17) is 20.9 Å². The van der Waals surface area contributed by atoms with Crippen LogP contribution in [0.15, 0.2) is 77.3 Å². The van der Waals surface area contributed by atoms with Crippen LogP contribution in [0.3, 0.4) is 0 Å². The van der Waals surface area contributed by atoms with Crippen LogP contribution >= 0.6 is 11.6 Å². The molecule has 7 heteroatoms. The normalized spacial score (nSPS) is 11.8. The average molecular weight is 490 g/mol. The van der Waals surface area contributed by atoms with E-state index in [9.17, 15) is 4.79 Å². The molecule has 6 nitrogen and oxygen atoms in total. The van der Waals surface area contributed by atoms with Crippen LogP contribution in [0.4, 0.5) is 0 Å². The molecular weight excluding hydrogens is 462 g/mol. The van der Waals surface area contributed by atoms with Gasteiger partial charge in [0.2, 0.25) is 11.7 Å². The molecule has 1 heterocycles. The summed E-state index contributed by atoms with van der Waals surface area (Å²) in [6.45, 7) is 6.61. The Morgan fingerprint density at radius 1 is 1.09 bits per heavy atom. The number of aryl methyl sites for hydroxylation is 1. The van der Waals surface area contributed by atoms with Gasteiger partial charge in [-0.3, -0.25) is 4.79 Å². The third-order valence-corrected chi connectivity index (χ3v) is 6.27. The molecule has 1 aromatic heterocycles. The van der Waals surface area contributed by atoms with E-state index in [-0.39, 0.29) is 18.5 Å². The van der Waals surface area contributed by atoms with Crippen molar-refractivity contribution in [1.82, 2.24) is 15.0 Å². The van der Waals surface area contributed by atoms with Gasteiger partial charge in [0.25, 0.3) is 5.91 Å². The van der Waals surface area contributed by atoms with Crippen LogP contribution in [0.1, 0.15) is 47.6 Å². The summed E-state index contributed by atoms with van der Waals surface area (Å²) in [5, 5.41) is 4.75. The zero-order valence-corrected chi connectivity index (χ0v) is 20.8. The molecule has 0 spiro atoms. The Morgan fingerprint density at radius 3 is 2.60 bits per heavy atom. The molecule has 1 unspecified atom stereocenters. The molecule has 0 aliphatic rings. The predicted octanol–water partition coefficient (Wildman–Crippen LogP) is 6.72. The van der Waals surface area contributed by atoms with E-state index in [1.165, 1.54) is 0 Å². The lowest BCUT2D eigenvalue weighted by atomic mass is 10.1. The number of nitrogens with zero attached hydrogens (tertiary/aromatic N) is 3. The lowest BCUT2D eigenvalue weighted by molar-refractivity contribution is 0.0646. The number of hydrogen-bond donors (Lipinski definition) is 0. The fraction of sp³-hybridized carbons (Fsp3) is 0.250. The van der Waals surface area contributed by atoms with Crippen LogP contribution in [-0.2, 0) is 13.2 Å². The highest BCUT2D eigenvalue weighted by atomic mass is 35.5. The topological polar surface area (TPSA) is 68.5 Å². The molecule has 3 aromatic carbocycles. The molecule has 0 aliphatic heterocycles. The monoisotopic (exact) mass is 489 g/mol. The maximum absolute atomic E-state index is 13.5. The molecule has 4 rings (SSSR count). The van der Waals surface area contributed by atoms with Crippen LogP contribution in [0, 0.1) is 6.92 Å². The van der Waals surface area contributed by atoms with E-state index in [1.807, 2.05) is 81.4 Å². The molecule has 0 radical (unpaired) electrons. The summed E-state index contributed by atoms with van der Waals surface area (Å²) in [6.07, 6.45) is 0.785. The van der Waals surface area contributed by atoms with Gasteiger partial charge in [-0.25, -0.2) is 0 Å². The van der Waals surface area contributed by atoms with Crippen molar-refractivity contribution in [3.63, 3.8) is 0 Å². The summed E-state index contributed by atoms with van der Waals surface area (Å²) in [5.41, 5.74) is 3.44. The van der Waals surface area contributed by atoms with Gasteiger partial charge in [-0.2, -0.15) is 4.98 Å². The minimum Gasteiger partial charge on any atom is -0.489 e. The fourth-order valence-corrected chi connectivity index (χ4v) is 3.78. The van der Waals surface area contributed by atoms with Gasteiger partial charge in [0.1, 0.15) is 18.9 Å². The number of carbonyl (C=O) groups excluding carboxylic acids is 1. The van der Waals surface area contributed by atoms with Crippen molar-refractivity contribution in [3.05, 3.63) is 100 Å². The van der Waals surface area contributed by atoms with Crippen LogP contribution in [-0.4, -0.2) is 27.0 Å². The molecule has 1 atom stereocenters. The van der Waals surface area contributed by atoms with Crippen LogP contribution in [0.2, 0.25) is 5.02 Å². The van der Waals surface area contributed by atoms with Crippen molar-refractivity contribution in [2.75, 3.05) is 0 Å². The minimum atomic E-state index is -0.127. The zero-order chi connectivity index (χ0) is 24.8. The van der Waals surface area contributed by atoms with Crippen molar-refractivity contribution < 1.29 is 14.1 Å². The first-order chi connectivity index (χ1) is 16.9. The Balaban J connectivity index is 1.50. The highest BCUT2D eigenvalue weighted by Gasteiger charge is 2.24. The van der Waals surface area contributed by atoms with Crippen molar-refractivity contribution in [1.29, 1.82) is 0 Å². The van der Waals surface area contributed by atoms with Gasteiger partial charge in [0.15, 0.2) is 0 Å². The number of halogens is 1. The molecule has 0 fully saturated rings. The van der Waals surface area contributed by atoms with Crippen molar-refractivity contribution in [3.8, 4) is 17.1 Å². The minimum absolute atomic E-state index is 0.0232. The van der Waals surface area contributed by atoms with E-state index in [1.54, 1.807) is 17.0 Å². The van der Waals surface area contributed by atoms with E-state index >= 15 is 0 Å². The molecule has 0 N–H and O–H groups in total. The number of aromatic nitrogens is 2. The highest BCUT2D eigenvalue weighted by molar-refractivity contribution is 6.31. The second kappa shape index (κ2) is 11.2. The molecule has 35 heavy (non-hydrogen) atoms. The summed E-state index contributed by atoms with van der Waals surface area (Å²) in [7, 11) is 0. The fourth-order valence-electron chi connectivity index (χ4n) is 3.59. The summed E-state index contributed by atoms with van der Waals surface area (Å²) in [6, 6.07) is 22.6. The second-order valence-electron chi connectivity index (χ2n) is 8.48. The first-order valence-electron chi connectivity index (χ1n) is 11.6. The summed E-state index contributed by atoms with van der Waals surface area (Å²) in [4.78, 5) is 19.8. The average Bonchev–Trinajstić information content (AvgIpc) is 3.35. The van der Waals surface area contributed by atoms with E-state index in [2.05, 4.69) is 10.1 Å². The van der Waals surface area contributed by atoms with Gasteiger partial charge < -0.3 is 14.2 Å². The lowest BCUT2D eigenvalue weighted by Crippen LogP contribution is -2.37. The smallest absolute Gasteiger partial charge is 0.254 e. The lowest BCUT2D eigenvalue weighted by Gasteiger charge is -2.27. The Kier molecular flexibility index (Phi) is 7.83. The van der Waals surface area contributed by atoms with Crippen molar-refractivity contribution in [2.24, 2.45) is 0 Å². The van der Waals surface area contributed by atoms with Gasteiger partial charge in [-0.05, 0) is 44.5 Å². The van der Waals surface area contributed by atoms with Gasteiger partial charge in [-0.1, -0.05) is 77.8 Å². The molecule has 180 valence electrons. The number of hydrogen-bond acceptors (Lipinski definition) is 5. The molecule has 0 aliphatic carbocycles. The van der Waals surface area contributed by atoms with Gasteiger partial charge >= 0.3 is 0 Å². The SMILES string of the molecule is CCC(C)N(Cc1nc(-c2ccc(C)cc2)no1)C(=O)c1cccc(OCc2ccccc2Cl)c1. The summed E-state index contributed by atoms with van der Waals surface area (Å²) in [5.74, 6) is 1.36. The predicted molar refractivity (Wildman–Crippen MR) is 136 cm³/mol. The molecule has 0 saturated heterocycles. The standard InChI is InChI=1S/C28H28ClN3O3/c1-4-20(3)32(17-26-30-27(31-35-26)21-14-12-19(2)13-15-21)28(33)22-9-7-10-24(16-22)34-18-23-8-5-6-11-25(23)29/h5-16,20H,4,17-18H2,1-3H3. The number of benzene rings is 3. The largest absolute Gasteiger partial charge is 0.489 e. The van der Waals surface area contributed by atoms with Crippen LogP contribution in [0.25, 0.3) is 11.4 Å². The molecular formula is C28H28ClN3O3. The first-order valence-corrected chi connectivity index (χ1v) is 12.0. The third kappa shape index (κ3) is 6.08. The summed E-state index contributed by atoms with van der Waals surface area (Å²) < 4.78 is 11.4. The van der Waals surface area contributed by atoms with Crippen molar-refractivity contribution in [2.45, 2.75) is 46.4 Å². The van der Waals surface area contributed by atoms with Gasteiger partial charge in [0, 0.05) is 27.8 Å². The molecule has 1 amide bonds. The Morgan fingerprint density at radius 2 is 1.86 bits per heavy atom. The zero-order valence-electron chi connectivity index (χ0n) is 20.1. The molecule has 0 saturated carbocycles. The van der Waals surface area contributed by atoms with Crippen LogP contribution in [0.5, 0.6) is 5.75 Å². The van der Waals surface area contributed by atoms with E-state index < -0.39 is 0 Å². The van der Waals surface area contributed by atoms with E-state index in [0.717, 1.165) is 23.1 Å². The first kappa shape index (κ1) is 24.5. The number of rotatable bonds is 9. The van der Waals surface area contributed by atoms with Crippen LogP contribution < -0.4 is 4.74 Å². The second-order valence-corrected chi connectivity index (χ2v) is 8.88. The van der Waals surface area contributed by atoms with E-state index in [0.29, 0.717) is 34.7 Å². The number of amides is 1. The third-order valence-electron chi connectivity index (χ3n) is 5.90. The maximum atomic E-state index is 13.5. The number of ether oxygens (including phenoxy) is 1. The van der Waals surface area contributed by atoms with Crippen molar-refractivity contribution >= 4 is 17.5 Å². The molecule has 0 bridgehead atoms. The Hall–Kier alpha value is -3.64. The Bertz CT molecular complexity index is 1290. The number of carbonyl (C=O) groups is 1. The van der Waals surface area contributed by atoms with Gasteiger partial charge in [-0.15, -0.1) is 0 Å². The highest BCUT2D eigenvalue weighted by Crippen LogP contribution is 2.23. The molecule has 4 aromatic rings. The van der Waals surface area contributed by atoms with Gasteiger partial charge in [0.05, 0.1) is 0 Å². The Labute approximate surface area is 210 Å². The summed E-state index contributed by atoms with van der Waals surface area (Å²) >= 11 is 6.23.